The lowest BCUT2D eigenvalue weighted by molar-refractivity contribution is 0.589. The molecule has 7 heteroatoms. The molecule has 0 saturated heterocycles. The van der Waals surface area contributed by atoms with Crippen LogP contribution in [0.15, 0.2) is 35.4 Å². The van der Waals surface area contributed by atoms with Gasteiger partial charge in [-0.25, -0.2) is 8.42 Å². The van der Waals surface area contributed by atoms with E-state index in [1.54, 1.807) is 4.68 Å². The van der Waals surface area contributed by atoms with Crippen molar-refractivity contribution in [3.8, 4) is 0 Å². The summed E-state index contributed by atoms with van der Waals surface area (Å²) in [4.78, 5) is 0.0904. The summed E-state index contributed by atoms with van der Waals surface area (Å²) in [6.07, 6.45) is 3.11. The lowest BCUT2D eigenvalue weighted by Crippen LogP contribution is -2.29. The quantitative estimate of drug-likeness (QED) is 0.931. The summed E-state index contributed by atoms with van der Waals surface area (Å²) >= 11 is 0. The zero-order chi connectivity index (χ0) is 15.0. The van der Waals surface area contributed by atoms with Crippen LogP contribution in [0.5, 0.6) is 0 Å². The fourth-order valence-electron chi connectivity index (χ4n) is 2.64. The topological polar surface area (TPSA) is 81.2 Å². The van der Waals surface area contributed by atoms with Gasteiger partial charge in [-0.05, 0) is 24.5 Å². The monoisotopic (exact) mass is 306 g/mol. The number of aryl methyl sites for hydroxylation is 1. The van der Waals surface area contributed by atoms with Crippen molar-refractivity contribution in [2.75, 3.05) is 16.6 Å². The largest absolute Gasteiger partial charge is 0.381 e. The molecular formula is C14H18N4O2S. The number of anilines is 2. The van der Waals surface area contributed by atoms with Gasteiger partial charge in [0.15, 0.2) is 5.82 Å². The highest BCUT2D eigenvalue weighted by molar-refractivity contribution is 7.93. The molecule has 0 unspecified atom stereocenters. The molecule has 1 aliphatic heterocycles. The maximum absolute atomic E-state index is 12.8. The second-order valence-corrected chi connectivity index (χ2v) is 6.93. The standard InChI is InChI=1S/C14H18N4O2S/c1-2-8-17-10-13(14(15)16-17)21(19,20)18-9-7-11-5-3-4-6-12(11)18/h3-6,10H,2,7-9H2,1H3,(H2,15,16). The molecule has 3 rings (SSSR count). The maximum Gasteiger partial charge on any atom is 0.269 e. The first-order valence-electron chi connectivity index (χ1n) is 6.97. The Kier molecular flexibility index (Phi) is 3.36. The Balaban J connectivity index is 2.02. The minimum absolute atomic E-state index is 0.0628. The second-order valence-electron chi connectivity index (χ2n) is 5.10. The van der Waals surface area contributed by atoms with Crippen LogP contribution in [0.4, 0.5) is 11.5 Å². The van der Waals surface area contributed by atoms with E-state index in [4.69, 9.17) is 5.73 Å². The van der Waals surface area contributed by atoms with E-state index in [9.17, 15) is 8.42 Å². The highest BCUT2D eigenvalue weighted by atomic mass is 32.2. The SMILES string of the molecule is CCCn1cc(S(=O)(=O)N2CCc3ccccc32)c(N)n1. The number of aromatic nitrogens is 2. The Bertz CT molecular complexity index is 767. The van der Waals surface area contributed by atoms with Gasteiger partial charge in [0.05, 0.1) is 5.69 Å². The lowest BCUT2D eigenvalue weighted by Gasteiger charge is -2.18. The van der Waals surface area contributed by atoms with Crippen LogP contribution in [-0.4, -0.2) is 24.7 Å². The molecule has 0 spiro atoms. The molecule has 0 bridgehead atoms. The minimum atomic E-state index is -3.66. The number of hydrogen-bond acceptors (Lipinski definition) is 4. The molecule has 2 aromatic rings. The number of nitrogen functional groups attached to an aromatic ring is 1. The number of benzene rings is 1. The fourth-order valence-corrected chi connectivity index (χ4v) is 4.20. The Morgan fingerprint density at radius 2 is 2.10 bits per heavy atom. The normalized spacial score (nSPS) is 14.4. The third-order valence-electron chi connectivity index (χ3n) is 3.62. The molecule has 1 aromatic carbocycles. The van der Waals surface area contributed by atoms with Crippen molar-refractivity contribution in [3.05, 3.63) is 36.0 Å². The number of para-hydroxylation sites is 1. The van der Waals surface area contributed by atoms with Gasteiger partial charge in [-0.2, -0.15) is 5.10 Å². The summed E-state index contributed by atoms with van der Waals surface area (Å²) in [6.45, 7) is 3.10. The molecule has 1 aromatic heterocycles. The lowest BCUT2D eigenvalue weighted by atomic mass is 10.2. The third kappa shape index (κ3) is 2.27. The van der Waals surface area contributed by atoms with Gasteiger partial charge in [0.1, 0.15) is 4.90 Å². The molecule has 2 N–H and O–H groups in total. The van der Waals surface area contributed by atoms with E-state index >= 15 is 0 Å². The van der Waals surface area contributed by atoms with E-state index in [-0.39, 0.29) is 10.7 Å². The summed E-state index contributed by atoms with van der Waals surface area (Å²) in [6, 6.07) is 7.54. The molecule has 112 valence electrons. The molecule has 6 nitrogen and oxygen atoms in total. The second kappa shape index (κ2) is 5.07. The van der Waals surface area contributed by atoms with Gasteiger partial charge in [-0.3, -0.25) is 8.99 Å². The Labute approximate surface area is 124 Å². The molecule has 2 heterocycles. The van der Waals surface area contributed by atoms with Gasteiger partial charge in [-0.1, -0.05) is 25.1 Å². The van der Waals surface area contributed by atoms with E-state index in [2.05, 4.69) is 5.10 Å². The first kappa shape index (κ1) is 13.9. The van der Waals surface area contributed by atoms with E-state index in [1.807, 2.05) is 31.2 Å². The van der Waals surface area contributed by atoms with Gasteiger partial charge in [0.2, 0.25) is 0 Å². The van der Waals surface area contributed by atoms with E-state index in [1.165, 1.54) is 10.5 Å². The average molecular weight is 306 g/mol. The number of nitrogens with zero attached hydrogens (tertiary/aromatic N) is 3. The molecule has 0 aliphatic carbocycles. The number of rotatable bonds is 4. The van der Waals surface area contributed by atoms with Crippen LogP contribution in [0.2, 0.25) is 0 Å². The van der Waals surface area contributed by atoms with Crippen molar-refractivity contribution in [2.24, 2.45) is 0 Å². The molecule has 21 heavy (non-hydrogen) atoms. The first-order valence-corrected chi connectivity index (χ1v) is 8.41. The summed E-state index contributed by atoms with van der Waals surface area (Å²) in [5.74, 6) is 0.0628. The van der Waals surface area contributed by atoms with Crippen LogP contribution >= 0.6 is 0 Å². The fraction of sp³-hybridized carbons (Fsp3) is 0.357. The van der Waals surface area contributed by atoms with E-state index in [0.717, 1.165) is 24.1 Å². The number of sulfonamides is 1. The molecule has 0 atom stereocenters. The summed E-state index contributed by atoms with van der Waals surface area (Å²) in [5.41, 5.74) is 7.59. The predicted molar refractivity (Wildman–Crippen MR) is 81.6 cm³/mol. The maximum atomic E-state index is 12.8. The van der Waals surface area contributed by atoms with Crippen molar-refractivity contribution in [1.82, 2.24) is 9.78 Å². The molecular weight excluding hydrogens is 288 g/mol. The Morgan fingerprint density at radius 3 is 2.86 bits per heavy atom. The Hall–Kier alpha value is -2.02. The molecule has 0 radical (unpaired) electrons. The van der Waals surface area contributed by atoms with Crippen molar-refractivity contribution >= 4 is 21.5 Å². The van der Waals surface area contributed by atoms with Gasteiger partial charge < -0.3 is 5.73 Å². The summed E-state index contributed by atoms with van der Waals surface area (Å²) in [7, 11) is -3.66. The molecule has 0 fully saturated rings. The predicted octanol–water partition coefficient (Wildman–Crippen LogP) is 1.63. The Morgan fingerprint density at radius 1 is 1.33 bits per heavy atom. The van der Waals surface area contributed by atoms with Crippen LogP contribution in [0.25, 0.3) is 0 Å². The third-order valence-corrected chi connectivity index (χ3v) is 5.45. The van der Waals surface area contributed by atoms with Crippen molar-refractivity contribution in [1.29, 1.82) is 0 Å². The van der Waals surface area contributed by atoms with Crippen molar-refractivity contribution < 1.29 is 8.42 Å². The zero-order valence-electron chi connectivity index (χ0n) is 11.9. The van der Waals surface area contributed by atoms with Crippen LogP contribution in [0.1, 0.15) is 18.9 Å². The summed E-state index contributed by atoms with van der Waals surface area (Å²) in [5, 5.41) is 4.08. The van der Waals surface area contributed by atoms with Crippen molar-refractivity contribution in [2.45, 2.75) is 31.2 Å². The van der Waals surface area contributed by atoms with Gasteiger partial charge in [0.25, 0.3) is 10.0 Å². The zero-order valence-corrected chi connectivity index (χ0v) is 12.7. The molecule has 1 aliphatic rings. The van der Waals surface area contributed by atoms with Gasteiger partial charge in [-0.15, -0.1) is 0 Å². The summed E-state index contributed by atoms with van der Waals surface area (Å²) < 4.78 is 28.7. The van der Waals surface area contributed by atoms with Crippen molar-refractivity contribution in [3.63, 3.8) is 0 Å². The van der Waals surface area contributed by atoms with E-state index in [0.29, 0.717) is 13.1 Å². The first-order chi connectivity index (χ1) is 10.0. The van der Waals surface area contributed by atoms with Gasteiger partial charge in [0, 0.05) is 19.3 Å². The van der Waals surface area contributed by atoms with Crippen LogP contribution < -0.4 is 10.0 Å². The van der Waals surface area contributed by atoms with Crippen LogP contribution in [0, 0.1) is 0 Å². The molecule has 0 amide bonds. The smallest absolute Gasteiger partial charge is 0.269 e. The number of hydrogen-bond donors (Lipinski definition) is 1. The number of nitrogens with two attached hydrogens (primary N) is 1. The van der Waals surface area contributed by atoms with Gasteiger partial charge >= 0.3 is 0 Å². The minimum Gasteiger partial charge on any atom is -0.381 e. The van der Waals surface area contributed by atoms with Crippen LogP contribution in [-0.2, 0) is 23.0 Å². The average Bonchev–Trinajstić information content (AvgIpc) is 3.03. The highest BCUT2D eigenvalue weighted by Crippen LogP contribution is 2.33. The van der Waals surface area contributed by atoms with E-state index < -0.39 is 10.0 Å². The van der Waals surface area contributed by atoms with Crippen LogP contribution in [0.3, 0.4) is 0 Å². The highest BCUT2D eigenvalue weighted by Gasteiger charge is 2.33. The molecule has 0 saturated carbocycles. The number of fused-ring (bicyclic) bond motifs is 1.